The van der Waals surface area contributed by atoms with Gasteiger partial charge in [-0.15, -0.1) is 0 Å². The Balaban J connectivity index is 1.67. The predicted octanol–water partition coefficient (Wildman–Crippen LogP) is 6.70. The van der Waals surface area contributed by atoms with E-state index in [1.54, 1.807) is 11.6 Å². The standard InChI is InChI=1S/C28H23N2O/c1-16-9-10-21-22-13-20-12-19-7-5-6-8-23(19)29-24(20)14-26(22)31-28(21)27(16)25-11-17(2)18(3)15-30(25)4/h5-15H,1-4H3/q+1/i2D3,3D3. The molecule has 0 radical (unpaired) electrons. The van der Waals surface area contributed by atoms with E-state index >= 15 is 0 Å². The second-order valence-electron chi connectivity index (χ2n) is 8.06. The molecule has 3 heteroatoms. The Morgan fingerprint density at radius 1 is 0.839 bits per heavy atom. The van der Waals surface area contributed by atoms with Crippen LogP contribution in [0.15, 0.2) is 71.3 Å². The molecule has 0 unspecified atom stereocenters. The zero-order valence-corrected chi connectivity index (χ0v) is 17.2. The van der Waals surface area contributed by atoms with Crippen LogP contribution < -0.4 is 4.57 Å². The Morgan fingerprint density at radius 3 is 2.58 bits per heavy atom. The average Bonchev–Trinajstić information content (AvgIpc) is 3.17. The monoisotopic (exact) mass is 409 g/mol. The van der Waals surface area contributed by atoms with E-state index in [1.807, 2.05) is 49.4 Å². The van der Waals surface area contributed by atoms with Gasteiger partial charge in [-0.05, 0) is 50.0 Å². The highest BCUT2D eigenvalue weighted by Gasteiger charge is 2.21. The summed E-state index contributed by atoms with van der Waals surface area (Å²) in [7, 11) is 1.72. The molecule has 6 rings (SSSR count). The Labute approximate surface area is 189 Å². The van der Waals surface area contributed by atoms with Gasteiger partial charge in [-0.2, -0.15) is 0 Å². The fourth-order valence-corrected chi connectivity index (χ4v) is 4.43. The topological polar surface area (TPSA) is 29.9 Å². The number of aryl methyl sites for hydroxylation is 4. The largest absolute Gasteiger partial charge is 0.455 e. The molecule has 0 saturated carbocycles. The van der Waals surface area contributed by atoms with Gasteiger partial charge in [0.1, 0.15) is 18.2 Å². The Bertz CT molecular complexity index is 1880. The van der Waals surface area contributed by atoms with Crippen molar-refractivity contribution in [1.29, 1.82) is 0 Å². The Morgan fingerprint density at radius 2 is 1.71 bits per heavy atom. The first-order valence-electron chi connectivity index (χ1n) is 13.1. The van der Waals surface area contributed by atoms with Crippen molar-refractivity contribution < 1.29 is 17.2 Å². The van der Waals surface area contributed by atoms with Gasteiger partial charge in [-0.3, -0.25) is 0 Å². The number of nitrogens with zero attached hydrogens (tertiary/aromatic N) is 2. The van der Waals surface area contributed by atoms with Crippen LogP contribution >= 0.6 is 0 Å². The highest BCUT2D eigenvalue weighted by Crippen LogP contribution is 2.38. The van der Waals surface area contributed by atoms with Gasteiger partial charge in [0, 0.05) is 47.5 Å². The number of furan rings is 1. The SMILES string of the molecule is [2H]C([2H])([2H])c1cc(-c2c(C)ccc3c2oc2cc4nc5ccccc5cc4cc23)[n+](C)cc1C([2H])([2H])[2H]. The molecule has 0 saturated heterocycles. The van der Waals surface area contributed by atoms with Gasteiger partial charge in [0.05, 0.1) is 16.6 Å². The number of para-hydroxylation sites is 1. The summed E-state index contributed by atoms with van der Waals surface area (Å²) in [6.45, 7) is -3.22. The maximum absolute atomic E-state index is 8.02. The Kier molecular flexibility index (Phi) is 2.65. The number of fused-ring (bicyclic) bond motifs is 5. The number of hydrogen-bond donors (Lipinski definition) is 0. The van der Waals surface area contributed by atoms with Crippen LogP contribution in [0.5, 0.6) is 0 Å². The van der Waals surface area contributed by atoms with E-state index < -0.39 is 13.7 Å². The van der Waals surface area contributed by atoms with Crippen LogP contribution in [-0.2, 0) is 7.05 Å². The highest BCUT2D eigenvalue weighted by molar-refractivity contribution is 6.13. The van der Waals surface area contributed by atoms with E-state index in [4.69, 9.17) is 17.6 Å². The summed E-state index contributed by atoms with van der Waals surface area (Å²) >= 11 is 0. The van der Waals surface area contributed by atoms with Crippen molar-refractivity contribution in [2.75, 3.05) is 0 Å². The summed E-state index contributed by atoms with van der Waals surface area (Å²) in [5.41, 5.74) is 4.82. The van der Waals surface area contributed by atoms with Gasteiger partial charge >= 0.3 is 0 Å². The molecule has 0 amide bonds. The number of hydrogen-bond acceptors (Lipinski definition) is 2. The van der Waals surface area contributed by atoms with Gasteiger partial charge in [0.2, 0.25) is 5.69 Å². The lowest BCUT2D eigenvalue weighted by Gasteiger charge is -2.07. The minimum Gasteiger partial charge on any atom is -0.455 e. The van der Waals surface area contributed by atoms with E-state index in [9.17, 15) is 0 Å². The van der Waals surface area contributed by atoms with Crippen molar-refractivity contribution in [2.45, 2.75) is 20.6 Å². The summed E-state index contributed by atoms with van der Waals surface area (Å²) < 4.78 is 55.8. The van der Waals surface area contributed by atoms with Gasteiger partial charge in [-0.1, -0.05) is 30.3 Å². The zero-order chi connectivity index (χ0) is 26.3. The molecule has 3 aromatic carbocycles. The van der Waals surface area contributed by atoms with Crippen molar-refractivity contribution in [3.05, 3.63) is 83.6 Å². The number of benzene rings is 3. The summed E-state index contributed by atoms with van der Waals surface area (Å²) in [4.78, 5) is 4.80. The molecule has 150 valence electrons. The molecule has 0 fully saturated rings. The number of pyridine rings is 2. The molecule has 0 aliphatic rings. The lowest BCUT2D eigenvalue weighted by molar-refractivity contribution is -0.660. The van der Waals surface area contributed by atoms with Crippen molar-refractivity contribution >= 4 is 43.7 Å². The lowest BCUT2D eigenvalue weighted by atomic mass is 9.98. The first kappa shape index (κ1) is 12.9. The van der Waals surface area contributed by atoms with Gasteiger partial charge < -0.3 is 4.42 Å². The maximum atomic E-state index is 8.02. The van der Waals surface area contributed by atoms with Crippen LogP contribution in [0.3, 0.4) is 0 Å². The minimum atomic E-state index is -2.59. The normalized spacial score (nSPS) is 15.5. The summed E-state index contributed by atoms with van der Waals surface area (Å²) in [5, 5.41) is 3.87. The molecule has 3 aromatic heterocycles. The third kappa shape index (κ3) is 2.66. The first-order chi connectivity index (χ1) is 17.4. The van der Waals surface area contributed by atoms with Crippen molar-refractivity contribution in [1.82, 2.24) is 4.98 Å². The van der Waals surface area contributed by atoms with Crippen LogP contribution in [-0.4, -0.2) is 4.98 Å². The summed E-state index contributed by atoms with van der Waals surface area (Å²) in [5.74, 6) is 0. The molecule has 3 heterocycles. The van der Waals surface area contributed by atoms with Gasteiger partial charge in [0.15, 0.2) is 6.20 Å². The van der Waals surface area contributed by atoms with Gasteiger partial charge in [-0.25, -0.2) is 9.55 Å². The maximum Gasteiger partial charge on any atom is 0.216 e. The molecule has 0 aliphatic carbocycles. The average molecular weight is 410 g/mol. The quantitative estimate of drug-likeness (QED) is 0.223. The fraction of sp³-hybridized carbons (Fsp3) is 0.143. The van der Waals surface area contributed by atoms with Crippen LogP contribution in [0.4, 0.5) is 0 Å². The smallest absolute Gasteiger partial charge is 0.216 e. The van der Waals surface area contributed by atoms with Crippen LogP contribution in [0.25, 0.3) is 55.0 Å². The summed E-state index contributed by atoms with van der Waals surface area (Å²) in [6, 6.07) is 19.5. The molecule has 0 bridgehead atoms. The highest BCUT2D eigenvalue weighted by atomic mass is 16.3. The minimum absolute atomic E-state index is 0.183. The van der Waals surface area contributed by atoms with Crippen LogP contribution in [0.1, 0.15) is 24.9 Å². The lowest BCUT2D eigenvalue weighted by Crippen LogP contribution is -2.31. The van der Waals surface area contributed by atoms with E-state index in [0.717, 1.165) is 43.7 Å². The Hall–Kier alpha value is -3.72. The number of aromatic nitrogens is 2. The van der Waals surface area contributed by atoms with E-state index in [0.29, 0.717) is 16.9 Å². The second kappa shape index (κ2) is 6.39. The second-order valence-corrected chi connectivity index (χ2v) is 8.06. The molecule has 0 N–H and O–H groups in total. The molecular weight excluding hydrogens is 380 g/mol. The van der Waals surface area contributed by atoms with Gasteiger partial charge in [0.25, 0.3) is 0 Å². The molecule has 6 aromatic rings. The van der Waals surface area contributed by atoms with E-state index in [-0.39, 0.29) is 11.1 Å². The van der Waals surface area contributed by atoms with E-state index in [2.05, 4.69) is 12.1 Å². The van der Waals surface area contributed by atoms with Crippen LogP contribution in [0, 0.1) is 20.6 Å². The molecule has 3 nitrogen and oxygen atoms in total. The molecule has 0 spiro atoms. The third-order valence-electron chi connectivity index (χ3n) is 6.02. The van der Waals surface area contributed by atoms with Crippen molar-refractivity contribution in [3.8, 4) is 11.3 Å². The predicted molar refractivity (Wildman–Crippen MR) is 127 cm³/mol. The fourth-order valence-electron chi connectivity index (χ4n) is 4.43. The summed E-state index contributed by atoms with van der Waals surface area (Å²) in [6.07, 6.45) is 1.40. The molecule has 0 atom stereocenters. The zero-order valence-electron chi connectivity index (χ0n) is 23.2. The molecular formula is C28H23N2O+. The van der Waals surface area contributed by atoms with Crippen molar-refractivity contribution in [3.63, 3.8) is 0 Å². The van der Waals surface area contributed by atoms with Crippen molar-refractivity contribution in [2.24, 2.45) is 7.05 Å². The molecule has 0 aliphatic heterocycles. The van der Waals surface area contributed by atoms with Crippen LogP contribution in [0.2, 0.25) is 0 Å². The first-order valence-corrected chi connectivity index (χ1v) is 10.1. The number of rotatable bonds is 1. The van der Waals surface area contributed by atoms with E-state index in [1.165, 1.54) is 12.3 Å². The molecule has 31 heavy (non-hydrogen) atoms. The third-order valence-corrected chi connectivity index (χ3v) is 6.02.